The Morgan fingerprint density at radius 3 is 2.85 bits per heavy atom. The SMILES string of the molecule is Cc1nn2cccnc2c1C(=O)Nc1ccc(CN2CCOC2=O)cc1. The molecule has 1 fully saturated rings. The molecule has 1 aromatic carbocycles. The zero-order chi connectivity index (χ0) is 18.1. The summed E-state index contributed by atoms with van der Waals surface area (Å²) < 4.78 is 6.50. The van der Waals surface area contributed by atoms with Gasteiger partial charge in [0.2, 0.25) is 0 Å². The molecule has 0 aliphatic carbocycles. The Kier molecular flexibility index (Phi) is 4.00. The number of benzene rings is 1. The second kappa shape index (κ2) is 6.47. The summed E-state index contributed by atoms with van der Waals surface area (Å²) in [5, 5.41) is 7.17. The van der Waals surface area contributed by atoms with Crippen LogP contribution in [0, 0.1) is 6.92 Å². The van der Waals surface area contributed by atoms with Crippen molar-refractivity contribution >= 4 is 23.3 Å². The number of hydrogen-bond donors (Lipinski definition) is 1. The van der Waals surface area contributed by atoms with E-state index in [9.17, 15) is 9.59 Å². The Morgan fingerprint density at radius 1 is 1.31 bits per heavy atom. The molecule has 2 aromatic heterocycles. The van der Waals surface area contributed by atoms with Crippen molar-refractivity contribution in [3.8, 4) is 0 Å². The highest BCUT2D eigenvalue weighted by Gasteiger charge is 2.22. The summed E-state index contributed by atoms with van der Waals surface area (Å²) in [6.07, 6.45) is 3.09. The Hall–Kier alpha value is -3.42. The van der Waals surface area contributed by atoms with Crippen molar-refractivity contribution in [3.05, 3.63) is 59.5 Å². The summed E-state index contributed by atoms with van der Waals surface area (Å²) in [5.41, 5.74) is 3.22. The van der Waals surface area contributed by atoms with Crippen molar-refractivity contribution in [2.75, 3.05) is 18.5 Å². The van der Waals surface area contributed by atoms with Crippen LogP contribution in [0.5, 0.6) is 0 Å². The molecule has 0 unspecified atom stereocenters. The molecule has 8 nitrogen and oxygen atoms in total. The average Bonchev–Trinajstić information content (AvgIpc) is 3.18. The van der Waals surface area contributed by atoms with Gasteiger partial charge in [-0.25, -0.2) is 14.3 Å². The molecule has 1 N–H and O–H groups in total. The third kappa shape index (κ3) is 2.97. The van der Waals surface area contributed by atoms with Gasteiger partial charge in [0.05, 0.1) is 12.2 Å². The first kappa shape index (κ1) is 16.1. The van der Waals surface area contributed by atoms with Crippen LogP contribution in [0.3, 0.4) is 0 Å². The van der Waals surface area contributed by atoms with Crippen molar-refractivity contribution in [1.29, 1.82) is 0 Å². The fraction of sp³-hybridized carbons (Fsp3) is 0.222. The Bertz CT molecular complexity index is 980. The lowest BCUT2D eigenvalue weighted by Crippen LogP contribution is -2.23. The summed E-state index contributed by atoms with van der Waals surface area (Å²) in [6, 6.07) is 9.13. The van der Waals surface area contributed by atoms with Gasteiger partial charge >= 0.3 is 6.09 Å². The van der Waals surface area contributed by atoms with E-state index in [0.717, 1.165) is 5.56 Å². The monoisotopic (exact) mass is 351 g/mol. The lowest BCUT2D eigenvalue weighted by Gasteiger charge is -2.13. The largest absolute Gasteiger partial charge is 0.448 e. The highest BCUT2D eigenvalue weighted by molar-refractivity contribution is 6.09. The van der Waals surface area contributed by atoms with Gasteiger partial charge in [-0.1, -0.05) is 12.1 Å². The van der Waals surface area contributed by atoms with Crippen molar-refractivity contribution in [3.63, 3.8) is 0 Å². The number of rotatable bonds is 4. The number of nitrogens with one attached hydrogen (secondary N) is 1. The molecule has 0 saturated carbocycles. The van der Waals surface area contributed by atoms with Crippen LogP contribution >= 0.6 is 0 Å². The molecule has 1 saturated heterocycles. The van der Waals surface area contributed by atoms with Gasteiger partial charge in [-0.2, -0.15) is 5.10 Å². The minimum absolute atomic E-state index is 0.257. The van der Waals surface area contributed by atoms with E-state index in [1.807, 2.05) is 24.3 Å². The summed E-state index contributed by atoms with van der Waals surface area (Å²) in [4.78, 5) is 30.0. The van der Waals surface area contributed by atoms with E-state index in [0.29, 0.717) is 42.3 Å². The number of carbonyl (C=O) groups is 2. The molecule has 3 heterocycles. The fourth-order valence-electron chi connectivity index (χ4n) is 2.94. The average molecular weight is 351 g/mol. The number of aromatic nitrogens is 3. The van der Waals surface area contributed by atoms with Gasteiger partial charge in [0.25, 0.3) is 5.91 Å². The number of carbonyl (C=O) groups excluding carboxylic acids is 2. The summed E-state index contributed by atoms with van der Waals surface area (Å²) in [7, 11) is 0. The molecular weight excluding hydrogens is 334 g/mol. The maximum absolute atomic E-state index is 12.6. The predicted molar refractivity (Wildman–Crippen MR) is 93.9 cm³/mol. The third-order valence-electron chi connectivity index (χ3n) is 4.23. The van der Waals surface area contributed by atoms with E-state index < -0.39 is 0 Å². The molecule has 26 heavy (non-hydrogen) atoms. The molecule has 3 aromatic rings. The number of cyclic esters (lactones) is 1. The highest BCUT2D eigenvalue weighted by atomic mass is 16.6. The standard InChI is InChI=1S/C18H17N5O3/c1-12-15(16-19-7-2-8-23(16)21-12)17(24)20-14-5-3-13(4-6-14)11-22-9-10-26-18(22)25/h2-8H,9-11H2,1H3,(H,20,24). The van der Waals surface area contributed by atoms with Gasteiger partial charge in [-0.15, -0.1) is 0 Å². The highest BCUT2D eigenvalue weighted by Crippen LogP contribution is 2.17. The normalized spacial score (nSPS) is 13.9. The number of ether oxygens (including phenoxy) is 1. The van der Waals surface area contributed by atoms with E-state index in [1.165, 1.54) is 0 Å². The van der Waals surface area contributed by atoms with E-state index in [1.54, 1.807) is 34.8 Å². The van der Waals surface area contributed by atoms with Gasteiger partial charge in [0.15, 0.2) is 5.65 Å². The third-order valence-corrected chi connectivity index (χ3v) is 4.23. The van der Waals surface area contributed by atoms with Gasteiger partial charge < -0.3 is 15.0 Å². The fourth-order valence-corrected chi connectivity index (χ4v) is 2.94. The topological polar surface area (TPSA) is 88.8 Å². The minimum atomic E-state index is -0.293. The molecule has 132 valence electrons. The van der Waals surface area contributed by atoms with Crippen molar-refractivity contribution in [2.24, 2.45) is 0 Å². The summed E-state index contributed by atoms with van der Waals surface area (Å²) in [6.45, 7) is 3.30. The minimum Gasteiger partial charge on any atom is -0.448 e. The van der Waals surface area contributed by atoms with Crippen molar-refractivity contribution < 1.29 is 14.3 Å². The molecule has 8 heteroatoms. The molecule has 0 bridgehead atoms. The smallest absolute Gasteiger partial charge is 0.410 e. The number of aryl methyl sites for hydroxylation is 1. The van der Waals surface area contributed by atoms with Crippen LogP contribution in [0.1, 0.15) is 21.6 Å². The number of nitrogens with zero attached hydrogens (tertiary/aromatic N) is 4. The first-order valence-corrected chi connectivity index (χ1v) is 8.24. The van der Waals surface area contributed by atoms with Crippen LogP contribution < -0.4 is 5.32 Å². The summed E-state index contributed by atoms with van der Waals surface area (Å²) >= 11 is 0. The Balaban J connectivity index is 1.49. The van der Waals surface area contributed by atoms with Gasteiger partial charge in [-0.05, 0) is 30.7 Å². The first-order valence-electron chi connectivity index (χ1n) is 8.24. The van der Waals surface area contributed by atoms with Crippen molar-refractivity contribution in [2.45, 2.75) is 13.5 Å². The first-order chi connectivity index (χ1) is 12.6. The Morgan fingerprint density at radius 2 is 2.12 bits per heavy atom. The molecule has 0 radical (unpaired) electrons. The quantitative estimate of drug-likeness (QED) is 0.779. The van der Waals surface area contributed by atoms with Crippen LogP contribution in [0.15, 0.2) is 42.7 Å². The van der Waals surface area contributed by atoms with Crippen LogP contribution in [-0.4, -0.2) is 44.7 Å². The Labute approximate surface area is 149 Å². The molecule has 0 atom stereocenters. The summed E-state index contributed by atoms with van der Waals surface area (Å²) in [5.74, 6) is -0.257. The van der Waals surface area contributed by atoms with Gasteiger partial charge in [0, 0.05) is 24.6 Å². The van der Waals surface area contributed by atoms with Gasteiger partial charge in [-0.3, -0.25) is 4.79 Å². The molecule has 0 spiro atoms. The van der Waals surface area contributed by atoms with Crippen LogP contribution in [0.25, 0.3) is 5.65 Å². The van der Waals surface area contributed by atoms with Crippen LogP contribution in [0.2, 0.25) is 0 Å². The lowest BCUT2D eigenvalue weighted by molar-refractivity contribution is 0.102. The zero-order valence-electron chi connectivity index (χ0n) is 14.2. The lowest BCUT2D eigenvalue weighted by atomic mass is 10.2. The van der Waals surface area contributed by atoms with Crippen LogP contribution in [-0.2, 0) is 11.3 Å². The second-order valence-electron chi connectivity index (χ2n) is 6.04. The van der Waals surface area contributed by atoms with E-state index in [-0.39, 0.29) is 12.0 Å². The maximum atomic E-state index is 12.6. The zero-order valence-corrected chi connectivity index (χ0v) is 14.2. The number of fused-ring (bicyclic) bond motifs is 1. The second-order valence-corrected chi connectivity index (χ2v) is 6.04. The predicted octanol–water partition coefficient (Wildman–Crippen LogP) is 2.24. The van der Waals surface area contributed by atoms with Crippen LogP contribution in [0.4, 0.5) is 10.5 Å². The molecular formula is C18H17N5O3. The number of anilines is 1. The van der Waals surface area contributed by atoms with Gasteiger partial charge in [0.1, 0.15) is 12.2 Å². The van der Waals surface area contributed by atoms with Crippen molar-refractivity contribution in [1.82, 2.24) is 19.5 Å². The molecule has 2 amide bonds. The maximum Gasteiger partial charge on any atom is 0.410 e. The molecule has 4 rings (SSSR count). The van der Waals surface area contributed by atoms with E-state index in [4.69, 9.17) is 4.74 Å². The van der Waals surface area contributed by atoms with E-state index in [2.05, 4.69) is 15.4 Å². The van der Waals surface area contributed by atoms with E-state index >= 15 is 0 Å². The molecule has 1 aliphatic rings. The number of hydrogen-bond acceptors (Lipinski definition) is 5. The number of amides is 2. The molecule has 1 aliphatic heterocycles.